The zero-order valence-electron chi connectivity index (χ0n) is 9.34. The number of anilines is 1. The second-order valence-electron chi connectivity index (χ2n) is 3.43. The van der Waals surface area contributed by atoms with Crippen molar-refractivity contribution in [3.8, 4) is 0 Å². The van der Waals surface area contributed by atoms with Crippen LogP contribution in [0.1, 0.15) is 18.9 Å². The van der Waals surface area contributed by atoms with Crippen molar-refractivity contribution in [1.82, 2.24) is 4.98 Å². The van der Waals surface area contributed by atoms with Gasteiger partial charge in [0.25, 0.3) is 0 Å². The molecule has 1 aromatic rings. The van der Waals surface area contributed by atoms with Crippen molar-refractivity contribution in [2.45, 2.75) is 25.9 Å². The average Bonchev–Trinajstić information content (AvgIpc) is 2.27. The van der Waals surface area contributed by atoms with Gasteiger partial charge in [-0.2, -0.15) is 0 Å². The minimum atomic E-state index is -0.577. The highest BCUT2D eigenvalue weighted by atomic mass is 16.6. The van der Waals surface area contributed by atoms with E-state index in [-0.39, 0.29) is 17.6 Å². The van der Waals surface area contributed by atoms with Gasteiger partial charge in [0.15, 0.2) is 0 Å². The smallest absolute Gasteiger partial charge is 0.386 e. The van der Waals surface area contributed by atoms with Crippen LogP contribution in [0, 0.1) is 10.1 Å². The first-order chi connectivity index (χ1) is 7.60. The Morgan fingerprint density at radius 1 is 1.69 bits per heavy atom. The summed E-state index contributed by atoms with van der Waals surface area (Å²) in [5, 5.41) is 10.6. The number of nitrogens with two attached hydrogens (primary N) is 1. The van der Waals surface area contributed by atoms with Gasteiger partial charge in [-0.3, -0.25) is 0 Å². The molecule has 2 N–H and O–H groups in total. The van der Waals surface area contributed by atoms with Crippen molar-refractivity contribution in [2.24, 2.45) is 0 Å². The lowest BCUT2D eigenvalue weighted by Crippen LogP contribution is -2.14. The van der Waals surface area contributed by atoms with Gasteiger partial charge in [-0.25, -0.2) is 0 Å². The number of aromatic nitrogens is 1. The molecule has 0 bridgehead atoms. The molecule has 0 fully saturated rings. The van der Waals surface area contributed by atoms with E-state index in [0.717, 1.165) is 6.42 Å². The molecule has 1 heterocycles. The molecule has 0 aliphatic rings. The van der Waals surface area contributed by atoms with Crippen LogP contribution in [0.25, 0.3) is 0 Å². The summed E-state index contributed by atoms with van der Waals surface area (Å²) < 4.78 is 5.21. The molecule has 16 heavy (non-hydrogen) atoms. The van der Waals surface area contributed by atoms with Gasteiger partial charge in [-0.15, -0.1) is 0 Å². The fourth-order valence-corrected chi connectivity index (χ4v) is 1.46. The molecule has 1 atom stereocenters. The van der Waals surface area contributed by atoms with E-state index in [9.17, 15) is 10.1 Å². The normalized spacial score (nSPS) is 12.4. The second-order valence-corrected chi connectivity index (χ2v) is 3.43. The van der Waals surface area contributed by atoms with E-state index in [0.29, 0.717) is 12.0 Å². The van der Waals surface area contributed by atoms with E-state index in [4.69, 9.17) is 10.5 Å². The summed E-state index contributed by atoms with van der Waals surface area (Å²) in [7, 11) is 1.61. The highest BCUT2D eigenvalue weighted by molar-refractivity contribution is 5.58. The van der Waals surface area contributed by atoms with Gasteiger partial charge in [0.2, 0.25) is 0 Å². The molecule has 88 valence electrons. The molecular formula is C10H15N3O3. The molecule has 0 aliphatic carbocycles. The van der Waals surface area contributed by atoms with Crippen LogP contribution < -0.4 is 5.73 Å². The molecule has 0 saturated heterocycles. The van der Waals surface area contributed by atoms with Crippen molar-refractivity contribution in [2.75, 3.05) is 12.8 Å². The molecule has 0 radical (unpaired) electrons. The topological polar surface area (TPSA) is 91.3 Å². The Bertz CT molecular complexity index is 378. The van der Waals surface area contributed by atoms with Crippen LogP contribution >= 0.6 is 0 Å². The third-order valence-corrected chi connectivity index (χ3v) is 2.47. The van der Waals surface area contributed by atoms with Crippen LogP contribution in [-0.2, 0) is 11.2 Å². The summed E-state index contributed by atoms with van der Waals surface area (Å²) in [4.78, 5) is 13.7. The predicted molar refractivity (Wildman–Crippen MR) is 60.1 cm³/mol. The summed E-state index contributed by atoms with van der Waals surface area (Å²) in [5.74, 6) is -0.288. The lowest BCUT2D eigenvalue weighted by molar-refractivity contribution is -0.388. The zero-order chi connectivity index (χ0) is 12.1. The van der Waals surface area contributed by atoms with Crippen LogP contribution in [-0.4, -0.2) is 23.1 Å². The largest absolute Gasteiger partial charge is 0.392 e. The number of hydrogen-bond acceptors (Lipinski definition) is 5. The van der Waals surface area contributed by atoms with Gasteiger partial charge in [0, 0.05) is 13.5 Å². The summed E-state index contributed by atoms with van der Waals surface area (Å²) in [6.07, 6.45) is 2.80. The van der Waals surface area contributed by atoms with Crippen LogP contribution in [0.15, 0.2) is 12.3 Å². The minimum absolute atomic E-state index is 0.0179. The monoisotopic (exact) mass is 225 g/mol. The number of hydrogen-bond donors (Lipinski definition) is 1. The summed E-state index contributed by atoms with van der Waals surface area (Å²) in [6.45, 7) is 1.99. The van der Waals surface area contributed by atoms with E-state index in [2.05, 4.69) is 4.98 Å². The van der Waals surface area contributed by atoms with E-state index >= 15 is 0 Å². The van der Waals surface area contributed by atoms with Gasteiger partial charge in [-0.05, 0) is 28.0 Å². The van der Waals surface area contributed by atoms with Crippen LogP contribution in [0.5, 0.6) is 0 Å². The molecular weight excluding hydrogens is 210 g/mol. The van der Waals surface area contributed by atoms with Gasteiger partial charge in [0.1, 0.15) is 11.9 Å². The predicted octanol–water partition coefficient (Wildman–Crippen LogP) is 1.54. The van der Waals surface area contributed by atoms with Crippen molar-refractivity contribution < 1.29 is 9.66 Å². The maximum absolute atomic E-state index is 10.6. The van der Waals surface area contributed by atoms with Crippen LogP contribution in [0.2, 0.25) is 0 Å². The van der Waals surface area contributed by atoms with Crippen molar-refractivity contribution in [3.63, 3.8) is 0 Å². The van der Waals surface area contributed by atoms with Gasteiger partial charge in [-0.1, -0.05) is 6.92 Å². The lowest BCUT2D eigenvalue weighted by atomic mass is 10.1. The first-order valence-electron chi connectivity index (χ1n) is 5.00. The number of methoxy groups -OCH3 is 1. The molecule has 1 unspecified atom stereocenters. The summed E-state index contributed by atoms with van der Waals surface area (Å²) in [6, 6.07) is 1.68. The Labute approximate surface area is 93.6 Å². The molecule has 6 nitrogen and oxygen atoms in total. The Kier molecular flexibility index (Phi) is 4.19. The SMILES string of the molecule is CCC(Cc1ccnc([N+](=O)[O-])c1N)OC. The highest BCUT2D eigenvalue weighted by Gasteiger charge is 2.18. The third kappa shape index (κ3) is 2.66. The van der Waals surface area contributed by atoms with Crippen LogP contribution in [0.3, 0.4) is 0 Å². The summed E-state index contributed by atoms with van der Waals surface area (Å²) >= 11 is 0. The molecule has 0 aliphatic heterocycles. The number of ether oxygens (including phenoxy) is 1. The standard InChI is InChI=1S/C10H15N3O3/c1-3-8(16-2)6-7-4-5-12-10(9(7)11)13(14)15/h4-5,8H,3,6,11H2,1-2H3. The third-order valence-electron chi connectivity index (χ3n) is 2.47. The molecule has 0 aromatic carbocycles. The first-order valence-corrected chi connectivity index (χ1v) is 5.00. The van der Waals surface area contributed by atoms with Crippen molar-refractivity contribution >= 4 is 11.5 Å². The second kappa shape index (κ2) is 5.41. The quantitative estimate of drug-likeness (QED) is 0.606. The molecule has 0 amide bonds. The molecule has 0 spiro atoms. The Balaban J connectivity index is 2.97. The fraction of sp³-hybridized carbons (Fsp3) is 0.500. The van der Waals surface area contributed by atoms with E-state index in [1.54, 1.807) is 13.2 Å². The lowest BCUT2D eigenvalue weighted by Gasteiger charge is -2.13. The van der Waals surface area contributed by atoms with Gasteiger partial charge < -0.3 is 20.6 Å². The van der Waals surface area contributed by atoms with Crippen LogP contribution in [0.4, 0.5) is 11.5 Å². The Morgan fingerprint density at radius 3 is 2.88 bits per heavy atom. The number of nitro groups is 1. The number of rotatable bonds is 5. The van der Waals surface area contributed by atoms with E-state index in [1.165, 1.54) is 6.20 Å². The zero-order valence-corrected chi connectivity index (χ0v) is 9.34. The molecule has 1 rings (SSSR count). The fourth-order valence-electron chi connectivity index (χ4n) is 1.46. The minimum Gasteiger partial charge on any atom is -0.392 e. The van der Waals surface area contributed by atoms with Crippen molar-refractivity contribution in [1.29, 1.82) is 0 Å². The maximum Gasteiger partial charge on any atom is 0.386 e. The maximum atomic E-state index is 10.6. The Hall–Kier alpha value is -1.69. The number of nitrogens with zero attached hydrogens (tertiary/aromatic N) is 2. The Morgan fingerprint density at radius 2 is 2.38 bits per heavy atom. The average molecular weight is 225 g/mol. The number of nitrogen functional groups attached to an aromatic ring is 1. The summed E-state index contributed by atoms with van der Waals surface area (Å²) in [5.41, 5.74) is 6.51. The van der Waals surface area contributed by atoms with E-state index in [1.807, 2.05) is 6.92 Å². The van der Waals surface area contributed by atoms with Gasteiger partial charge >= 0.3 is 5.82 Å². The first kappa shape index (κ1) is 12.4. The van der Waals surface area contributed by atoms with Crippen molar-refractivity contribution in [3.05, 3.63) is 27.9 Å². The highest BCUT2D eigenvalue weighted by Crippen LogP contribution is 2.23. The molecule has 6 heteroatoms. The van der Waals surface area contributed by atoms with Gasteiger partial charge in [0.05, 0.1) is 6.10 Å². The molecule has 0 saturated carbocycles. The van der Waals surface area contributed by atoms with E-state index < -0.39 is 4.92 Å². The number of pyridine rings is 1. The molecule has 1 aromatic heterocycles.